The predicted octanol–water partition coefficient (Wildman–Crippen LogP) is 12.0. The van der Waals surface area contributed by atoms with E-state index in [1.807, 2.05) is 87.6 Å². The average Bonchev–Trinajstić information content (AvgIpc) is 3.76. The van der Waals surface area contributed by atoms with Gasteiger partial charge in [0.2, 0.25) is 5.71 Å². The molecule has 1 radical (unpaired) electrons. The van der Waals surface area contributed by atoms with Crippen molar-refractivity contribution in [1.29, 1.82) is 0 Å². The Morgan fingerprint density at radius 2 is 1.49 bits per heavy atom. The molecule has 5 aromatic carbocycles. The number of hydrogen-bond acceptors (Lipinski definition) is 4. The fraction of sp³-hybridized carbons (Fsp3) is 0.146. The maximum atomic E-state index is 8.02. The monoisotopic (exact) mass is 958 g/mol. The molecule has 0 spiro atoms. The standard InChI is InChI=1S/C31H20N3O.C17H22GeN.Ir/c1-20-14-19-25-24-10-7-11-26(29(24)35-31(25)32-20)30-33-27-12-5-6-13-28(27)34(30)23-17-15-22(16-18-23)21-8-3-2-4-9-21;1-13(2)14-6-8-15(9-7-14)17-11-10-16(12-19-17)18(3,4)5;/h2-10,12-19H,1H3;6-8,10-13H,1-5H3;/q2*-1;/i;13D;. The van der Waals surface area contributed by atoms with E-state index in [9.17, 15) is 0 Å². The second kappa shape index (κ2) is 15.9. The van der Waals surface area contributed by atoms with Crippen molar-refractivity contribution in [3.8, 4) is 39.5 Å². The summed E-state index contributed by atoms with van der Waals surface area (Å²) in [6.45, 7) is 5.75. The Kier molecular flexibility index (Phi) is 10.7. The summed E-state index contributed by atoms with van der Waals surface area (Å²) in [5, 5.41) is 2.01. The van der Waals surface area contributed by atoms with Gasteiger partial charge in [0.1, 0.15) is 0 Å². The predicted molar refractivity (Wildman–Crippen MR) is 226 cm³/mol. The number of rotatable bonds is 6. The third-order valence-corrected chi connectivity index (χ3v) is 14.0. The van der Waals surface area contributed by atoms with Gasteiger partial charge in [-0.1, -0.05) is 65.5 Å². The first-order chi connectivity index (χ1) is 26.4. The number of nitrogens with zero attached hydrogens (tertiary/aromatic N) is 4. The average molecular weight is 957 g/mol. The molecule has 7 heteroatoms. The van der Waals surface area contributed by atoms with Crippen LogP contribution in [0.2, 0.25) is 17.3 Å². The number of hydrogen-bond donors (Lipinski definition) is 0. The topological polar surface area (TPSA) is 56.7 Å². The van der Waals surface area contributed by atoms with Gasteiger partial charge in [0.15, 0.2) is 0 Å². The third-order valence-electron chi connectivity index (χ3n) is 9.75. The molecule has 0 bridgehead atoms. The van der Waals surface area contributed by atoms with Crippen LogP contribution in [0.5, 0.6) is 0 Å². The van der Waals surface area contributed by atoms with Crippen LogP contribution in [0.1, 0.15) is 32.4 Å². The van der Waals surface area contributed by atoms with Gasteiger partial charge in [-0.25, -0.2) is 4.98 Å². The van der Waals surface area contributed by atoms with Crippen molar-refractivity contribution in [3.63, 3.8) is 0 Å². The molecule has 0 aliphatic rings. The molecule has 4 heterocycles. The molecule has 9 rings (SSSR count). The third kappa shape index (κ3) is 7.86. The molecule has 0 saturated heterocycles. The zero-order valence-corrected chi connectivity index (χ0v) is 36.3. The Morgan fingerprint density at radius 3 is 2.18 bits per heavy atom. The Balaban J connectivity index is 0.000000197. The van der Waals surface area contributed by atoms with Gasteiger partial charge < -0.3 is 8.98 Å². The van der Waals surface area contributed by atoms with Crippen molar-refractivity contribution >= 4 is 50.8 Å². The quantitative estimate of drug-likeness (QED) is 0.123. The van der Waals surface area contributed by atoms with E-state index in [-0.39, 0.29) is 20.1 Å². The van der Waals surface area contributed by atoms with Crippen molar-refractivity contribution in [1.82, 2.24) is 19.5 Å². The maximum absolute atomic E-state index is 8.02. The number of benzene rings is 5. The van der Waals surface area contributed by atoms with E-state index < -0.39 is 19.2 Å². The second-order valence-corrected chi connectivity index (χ2v) is 25.5. The second-order valence-electron chi connectivity index (χ2n) is 14.8. The number of pyridine rings is 2. The molecule has 0 aliphatic carbocycles. The van der Waals surface area contributed by atoms with E-state index in [0.717, 1.165) is 67.0 Å². The van der Waals surface area contributed by atoms with Crippen molar-refractivity contribution in [2.75, 3.05) is 0 Å². The van der Waals surface area contributed by atoms with E-state index in [1.54, 1.807) is 0 Å². The van der Waals surface area contributed by atoms with Crippen LogP contribution in [0.25, 0.3) is 72.6 Å². The van der Waals surface area contributed by atoms with Gasteiger partial charge in [0.25, 0.3) is 0 Å². The molecule has 0 N–H and O–H groups in total. The van der Waals surface area contributed by atoms with Crippen molar-refractivity contribution in [3.05, 3.63) is 163 Å². The Morgan fingerprint density at radius 1 is 0.745 bits per heavy atom. The maximum Gasteiger partial charge on any atom is 0 e. The molecule has 0 fully saturated rings. The van der Waals surface area contributed by atoms with Gasteiger partial charge in [0, 0.05) is 36.9 Å². The molecular weight excluding hydrogens is 913 g/mol. The van der Waals surface area contributed by atoms with Gasteiger partial charge in [-0.2, -0.15) is 0 Å². The summed E-state index contributed by atoms with van der Waals surface area (Å²) in [4.78, 5) is 14.2. The van der Waals surface area contributed by atoms with E-state index in [1.165, 1.54) is 15.5 Å². The Bertz CT molecular complexity index is 2710. The summed E-state index contributed by atoms with van der Waals surface area (Å²) >= 11 is -1.78. The molecule has 0 atom stereocenters. The Hall–Kier alpha value is -5.14. The molecular formula is C48H42GeIrN4O-2. The van der Waals surface area contributed by atoms with Crippen LogP contribution in [0.3, 0.4) is 0 Å². The molecule has 0 aliphatic heterocycles. The van der Waals surface area contributed by atoms with Crippen LogP contribution in [0.4, 0.5) is 0 Å². The molecule has 0 amide bonds. The largest absolute Gasteiger partial charge is 0 e. The molecule has 55 heavy (non-hydrogen) atoms. The SMILES string of the molecule is Cc1ccc2c(n1)oc1c(-c3nc4ccccc4n3-c3ccc(-c4ccccc4)cc3)[c-]ccc12.[2H]C(C)(C)c1c[c-]c(-c2cc[c]([Ge]([CH3])([CH3])[CH3])cn2)cc1.[Ir]. The first kappa shape index (κ1) is 36.8. The minimum Gasteiger partial charge on any atom is 0 e. The summed E-state index contributed by atoms with van der Waals surface area (Å²) in [6.07, 6.45) is 2.02. The van der Waals surface area contributed by atoms with Gasteiger partial charge in [-0.05, 0) is 54.4 Å². The first-order valence-corrected chi connectivity index (χ1v) is 25.6. The van der Waals surface area contributed by atoms with Gasteiger partial charge >= 0.3 is 120 Å². The minimum atomic E-state index is -1.78. The van der Waals surface area contributed by atoms with Crippen LogP contribution in [0.15, 0.2) is 144 Å². The number of fused-ring (bicyclic) bond motifs is 4. The summed E-state index contributed by atoms with van der Waals surface area (Å²) in [5.41, 5.74) is 11.4. The zero-order valence-electron chi connectivity index (χ0n) is 32.8. The summed E-state index contributed by atoms with van der Waals surface area (Å²) in [7, 11) is 0. The minimum absolute atomic E-state index is 0. The molecule has 9 aromatic rings. The van der Waals surface area contributed by atoms with E-state index in [4.69, 9.17) is 10.8 Å². The van der Waals surface area contributed by atoms with Crippen LogP contribution in [-0.2, 0) is 20.1 Å². The molecule has 0 saturated carbocycles. The summed E-state index contributed by atoms with van der Waals surface area (Å²) < 4.78 is 17.9. The number of furan rings is 1. The fourth-order valence-electron chi connectivity index (χ4n) is 6.66. The zero-order chi connectivity index (χ0) is 38.3. The first-order valence-electron chi connectivity index (χ1n) is 18.8. The number of aryl methyl sites for hydroxylation is 1. The van der Waals surface area contributed by atoms with E-state index in [2.05, 4.69) is 117 Å². The van der Waals surface area contributed by atoms with E-state index >= 15 is 0 Å². The molecule has 275 valence electrons. The van der Waals surface area contributed by atoms with Crippen LogP contribution in [0, 0.1) is 19.1 Å². The van der Waals surface area contributed by atoms with Crippen LogP contribution in [-0.4, -0.2) is 32.8 Å². The summed E-state index contributed by atoms with van der Waals surface area (Å²) in [5.74, 6) is 7.32. The molecule has 0 unspecified atom stereocenters. The van der Waals surface area contributed by atoms with E-state index in [0.29, 0.717) is 5.71 Å². The number of imidazole rings is 1. The van der Waals surface area contributed by atoms with Crippen molar-refractivity contribution in [2.45, 2.75) is 43.9 Å². The van der Waals surface area contributed by atoms with Gasteiger partial charge in [-0.15, -0.1) is 18.2 Å². The van der Waals surface area contributed by atoms with Crippen molar-refractivity contribution in [2.24, 2.45) is 0 Å². The van der Waals surface area contributed by atoms with Crippen LogP contribution >= 0.6 is 0 Å². The van der Waals surface area contributed by atoms with Gasteiger partial charge in [-0.3, -0.25) is 4.98 Å². The fourth-order valence-corrected chi connectivity index (χ4v) is 8.83. The Labute approximate surface area is 340 Å². The van der Waals surface area contributed by atoms with Crippen LogP contribution < -0.4 is 4.40 Å². The van der Waals surface area contributed by atoms with Crippen molar-refractivity contribution < 1.29 is 25.9 Å². The number of aromatic nitrogens is 4. The summed E-state index contributed by atoms with van der Waals surface area (Å²) in [6, 6.07) is 52.1. The number of para-hydroxylation sites is 2. The smallest absolute Gasteiger partial charge is 0 e. The molecule has 4 aromatic heterocycles. The van der Waals surface area contributed by atoms with Gasteiger partial charge in [0.05, 0.1) is 22.4 Å². The molecule has 5 nitrogen and oxygen atoms in total. The normalized spacial score (nSPS) is 11.9.